The Bertz CT molecular complexity index is 641. The molecule has 1 aliphatic rings. The third kappa shape index (κ3) is 2.57. The number of para-hydroxylation sites is 1. The quantitative estimate of drug-likeness (QED) is 0.911. The van der Waals surface area contributed by atoms with Gasteiger partial charge in [0.25, 0.3) is 0 Å². The van der Waals surface area contributed by atoms with Crippen LogP contribution in [0.25, 0.3) is 10.9 Å². The van der Waals surface area contributed by atoms with Crippen LogP contribution in [0.5, 0.6) is 0 Å². The van der Waals surface area contributed by atoms with Crippen molar-refractivity contribution in [3.05, 3.63) is 36.5 Å². The van der Waals surface area contributed by atoms with E-state index in [0.29, 0.717) is 6.54 Å². The predicted molar refractivity (Wildman–Crippen MR) is 89.0 cm³/mol. The van der Waals surface area contributed by atoms with Gasteiger partial charge < -0.3 is 15.1 Å². The molecule has 1 aliphatic heterocycles. The van der Waals surface area contributed by atoms with Gasteiger partial charge in [-0.15, -0.1) is 0 Å². The van der Waals surface area contributed by atoms with Crippen LogP contribution in [0.4, 0.5) is 5.69 Å². The molecule has 0 aliphatic carbocycles. The maximum absolute atomic E-state index is 10.6. The molecule has 0 unspecified atom stereocenters. The Labute approximate surface area is 131 Å². The molecule has 2 aromatic rings. The van der Waals surface area contributed by atoms with Gasteiger partial charge in [0.2, 0.25) is 0 Å². The van der Waals surface area contributed by atoms with E-state index in [1.165, 1.54) is 0 Å². The highest BCUT2D eigenvalue weighted by molar-refractivity contribution is 5.91. The Morgan fingerprint density at radius 1 is 1.32 bits per heavy atom. The standard InChI is InChI=1S/C18H24N2O2/c1-2-8-18(13-21)9-11-20(12-17(18)22)16-7-10-19-15-6-4-3-5-14(15)16/h3-7,10,17,21-22H,2,8-9,11-13H2,1H3/t17-,18+/m0/s1. The van der Waals surface area contributed by atoms with Gasteiger partial charge in [0, 0.05) is 35.8 Å². The Hall–Kier alpha value is -1.65. The molecule has 0 radical (unpaired) electrons. The van der Waals surface area contributed by atoms with Crippen LogP contribution in [0.1, 0.15) is 26.2 Å². The van der Waals surface area contributed by atoms with E-state index in [4.69, 9.17) is 0 Å². The van der Waals surface area contributed by atoms with E-state index in [1.807, 2.05) is 30.5 Å². The molecular formula is C18H24N2O2. The van der Waals surface area contributed by atoms with Crippen molar-refractivity contribution in [2.24, 2.45) is 5.41 Å². The summed E-state index contributed by atoms with van der Waals surface area (Å²) in [6.45, 7) is 3.58. The first-order valence-corrected chi connectivity index (χ1v) is 8.08. The highest BCUT2D eigenvalue weighted by atomic mass is 16.3. The van der Waals surface area contributed by atoms with E-state index in [0.717, 1.165) is 42.4 Å². The van der Waals surface area contributed by atoms with Crippen LogP contribution < -0.4 is 4.90 Å². The van der Waals surface area contributed by atoms with Crippen LogP contribution >= 0.6 is 0 Å². The van der Waals surface area contributed by atoms with Crippen LogP contribution in [-0.4, -0.2) is 41.0 Å². The molecule has 4 heteroatoms. The third-order valence-corrected chi connectivity index (χ3v) is 5.01. The molecule has 2 N–H and O–H groups in total. The molecule has 2 heterocycles. The molecule has 0 spiro atoms. The van der Waals surface area contributed by atoms with Gasteiger partial charge in [0.1, 0.15) is 0 Å². The zero-order valence-corrected chi connectivity index (χ0v) is 13.1. The van der Waals surface area contributed by atoms with Gasteiger partial charge in [0.15, 0.2) is 0 Å². The number of aliphatic hydroxyl groups excluding tert-OH is 2. The van der Waals surface area contributed by atoms with Crippen molar-refractivity contribution in [1.82, 2.24) is 4.98 Å². The summed E-state index contributed by atoms with van der Waals surface area (Å²) in [5.74, 6) is 0. The molecule has 22 heavy (non-hydrogen) atoms. The van der Waals surface area contributed by atoms with Gasteiger partial charge >= 0.3 is 0 Å². The van der Waals surface area contributed by atoms with Crippen molar-refractivity contribution in [2.75, 3.05) is 24.6 Å². The molecule has 0 bridgehead atoms. The Morgan fingerprint density at radius 3 is 2.86 bits per heavy atom. The SMILES string of the molecule is CCC[C@]1(CO)CCN(c2ccnc3ccccc23)C[C@@H]1O. The first kappa shape index (κ1) is 15.3. The van der Waals surface area contributed by atoms with E-state index in [2.05, 4.69) is 22.9 Å². The Morgan fingerprint density at radius 2 is 2.14 bits per heavy atom. The fraction of sp³-hybridized carbons (Fsp3) is 0.500. The molecule has 2 atom stereocenters. The number of β-amino-alcohol motifs (C(OH)–C–C–N with tert-alkyl or cyclic N) is 1. The normalized spacial score (nSPS) is 25.6. The number of fused-ring (bicyclic) bond motifs is 1. The van der Waals surface area contributed by atoms with E-state index in [-0.39, 0.29) is 12.0 Å². The molecule has 0 amide bonds. The monoisotopic (exact) mass is 300 g/mol. The second-order valence-electron chi connectivity index (χ2n) is 6.33. The number of piperidine rings is 1. The van der Waals surface area contributed by atoms with Gasteiger partial charge in [-0.05, 0) is 25.0 Å². The van der Waals surface area contributed by atoms with Crippen LogP contribution in [0, 0.1) is 5.41 Å². The van der Waals surface area contributed by atoms with Gasteiger partial charge in [-0.2, -0.15) is 0 Å². The predicted octanol–water partition coefficient (Wildman–Crippen LogP) is 2.58. The summed E-state index contributed by atoms with van der Waals surface area (Å²) in [6, 6.07) is 10.1. The first-order chi connectivity index (χ1) is 10.7. The summed E-state index contributed by atoms with van der Waals surface area (Å²) in [6.07, 6.45) is 3.99. The van der Waals surface area contributed by atoms with Crippen LogP contribution in [0.3, 0.4) is 0 Å². The molecule has 1 aromatic heterocycles. The molecule has 1 aromatic carbocycles. The lowest BCUT2D eigenvalue weighted by Gasteiger charge is -2.45. The molecule has 1 saturated heterocycles. The average molecular weight is 300 g/mol. The van der Waals surface area contributed by atoms with Crippen molar-refractivity contribution < 1.29 is 10.2 Å². The van der Waals surface area contributed by atoms with E-state index in [1.54, 1.807) is 0 Å². The van der Waals surface area contributed by atoms with Crippen LogP contribution in [0.15, 0.2) is 36.5 Å². The number of aromatic nitrogens is 1. The van der Waals surface area contributed by atoms with Gasteiger partial charge in [-0.1, -0.05) is 31.5 Å². The zero-order valence-electron chi connectivity index (χ0n) is 13.1. The highest BCUT2D eigenvalue weighted by Crippen LogP contribution is 2.38. The minimum atomic E-state index is -0.502. The van der Waals surface area contributed by atoms with Crippen molar-refractivity contribution in [2.45, 2.75) is 32.3 Å². The summed E-state index contributed by atoms with van der Waals surface area (Å²) >= 11 is 0. The van der Waals surface area contributed by atoms with E-state index < -0.39 is 6.10 Å². The molecule has 4 nitrogen and oxygen atoms in total. The molecule has 0 saturated carbocycles. The summed E-state index contributed by atoms with van der Waals surface area (Å²) < 4.78 is 0. The van der Waals surface area contributed by atoms with Gasteiger partial charge in [-0.25, -0.2) is 0 Å². The summed E-state index contributed by atoms with van der Waals surface area (Å²) in [5.41, 5.74) is 1.75. The number of hydrogen-bond donors (Lipinski definition) is 2. The first-order valence-electron chi connectivity index (χ1n) is 8.08. The van der Waals surface area contributed by atoms with E-state index in [9.17, 15) is 10.2 Å². The van der Waals surface area contributed by atoms with Crippen molar-refractivity contribution >= 4 is 16.6 Å². The third-order valence-electron chi connectivity index (χ3n) is 5.01. The molecular weight excluding hydrogens is 276 g/mol. The van der Waals surface area contributed by atoms with Crippen molar-refractivity contribution in [3.63, 3.8) is 0 Å². The maximum Gasteiger partial charge on any atom is 0.0793 e. The van der Waals surface area contributed by atoms with Gasteiger partial charge in [-0.3, -0.25) is 4.98 Å². The second kappa shape index (κ2) is 6.23. The van der Waals surface area contributed by atoms with Crippen LogP contribution in [-0.2, 0) is 0 Å². The minimum absolute atomic E-state index is 0.0624. The number of nitrogens with zero attached hydrogens (tertiary/aromatic N) is 2. The van der Waals surface area contributed by atoms with E-state index >= 15 is 0 Å². The van der Waals surface area contributed by atoms with Gasteiger partial charge in [0.05, 0.1) is 18.2 Å². The Kier molecular flexibility index (Phi) is 4.32. The number of pyridine rings is 1. The molecule has 3 rings (SSSR count). The summed E-state index contributed by atoms with van der Waals surface area (Å²) in [4.78, 5) is 6.62. The lowest BCUT2D eigenvalue weighted by atomic mass is 9.73. The minimum Gasteiger partial charge on any atom is -0.396 e. The maximum atomic E-state index is 10.6. The summed E-state index contributed by atoms with van der Waals surface area (Å²) in [7, 11) is 0. The highest BCUT2D eigenvalue weighted by Gasteiger charge is 2.41. The number of hydrogen-bond acceptors (Lipinski definition) is 4. The number of anilines is 1. The fourth-order valence-corrected chi connectivity index (χ4v) is 3.65. The largest absolute Gasteiger partial charge is 0.396 e. The number of benzene rings is 1. The van der Waals surface area contributed by atoms with Crippen molar-refractivity contribution in [1.29, 1.82) is 0 Å². The number of rotatable bonds is 4. The lowest BCUT2D eigenvalue weighted by molar-refractivity contribution is -0.0370. The second-order valence-corrected chi connectivity index (χ2v) is 6.33. The lowest BCUT2D eigenvalue weighted by Crippen LogP contribution is -2.52. The topological polar surface area (TPSA) is 56.6 Å². The number of aliphatic hydroxyl groups is 2. The average Bonchev–Trinajstić information content (AvgIpc) is 2.56. The molecule has 118 valence electrons. The smallest absolute Gasteiger partial charge is 0.0793 e. The molecule has 1 fully saturated rings. The zero-order chi connectivity index (χ0) is 15.6. The van der Waals surface area contributed by atoms with Crippen LogP contribution in [0.2, 0.25) is 0 Å². The summed E-state index contributed by atoms with van der Waals surface area (Å²) in [5, 5.41) is 21.5. The van der Waals surface area contributed by atoms with Crippen molar-refractivity contribution in [3.8, 4) is 0 Å². The Balaban J connectivity index is 1.88. The fourth-order valence-electron chi connectivity index (χ4n) is 3.65.